The van der Waals surface area contributed by atoms with Gasteiger partial charge in [0.2, 0.25) is 0 Å². The SMILES string of the molecule is CN1CC(c2ccccc2)CN=C1N. The average Bonchev–Trinajstić information content (AvgIpc) is 2.23. The Morgan fingerprint density at radius 3 is 2.71 bits per heavy atom. The molecule has 0 saturated carbocycles. The fraction of sp³-hybridized carbons (Fsp3) is 0.364. The number of benzene rings is 1. The van der Waals surface area contributed by atoms with E-state index in [1.54, 1.807) is 0 Å². The van der Waals surface area contributed by atoms with Crippen LogP contribution < -0.4 is 5.73 Å². The molecule has 3 heteroatoms. The lowest BCUT2D eigenvalue weighted by molar-refractivity contribution is 0.422. The van der Waals surface area contributed by atoms with Crippen molar-refractivity contribution in [2.75, 3.05) is 20.1 Å². The van der Waals surface area contributed by atoms with E-state index in [0.29, 0.717) is 11.9 Å². The lowest BCUT2D eigenvalue weighted by atomic mass is 9.98. The number of nitrogens with two attached hydrogens (primary N) is 1. The van der Waals surface area contributed by atoms with Gasteiger partial charge in [0, 0.05) is 19.5 Å². The summed E-state index contributed by atoms with van der Waals surface area (Å²) in [4.78, 5) is 6.29. The summed E-state index contributed by atoms with van der Waals surface area (Å²) >= 11 is 0. The molecule has 74 valence electrons. The van der Waals surface area contributed by atoms with Crippen LogP contribution in [0.4, 0.5) is 0 Å². The minimum atomic E-state index is 0.480. The molecular weight excluding hydrogens is 174 g/mol. The Labute approximate surface area is 84.2 Å². The Hall–Kier alpha value is -1.51. The average molecular weight is 189 g/mol. The molecule has 0 saturated heterocycles. The predicted molar refractivity (Wildman–Crippen MR) is 58.3 cm³/mol. The molecule has 1 atom stereocenters. The van der Waals surface area contributed by atoms with E-state index < -0.39 is 0 Å². The quantitative estimate of drug-likeness (QED) is 0.717. The molecule has 1 aromatic carbocycles. The van der Waals surface area contributed by atoms with Crippen LogP contribution in [0, 0.1) is 0 Å². The molecule has 3 nitrogen and oxygen atoms in total. The standard InChI is InChI=1S/C11H15N3/c1-14-8-10(7-13-11(14)12)9-5-3-2-4-6-9/h2-6,10H,7-8H2,1H3,(H2,12,13). The van der Waals surface area contributed by atoms with Crippen LogP contribution in [0.3, 0.4) is 0 Å². The van der Waals surface area contributed by atoms with Crippen LogP contribution in [0.1, 0.15) is 11.5 Å². The molecule has 0 fully saturated rings. The maximum absolute atomic E-state index is 5.69. The van der Waals surface area contributed by atoms with Gasteiger partial charge in [0.15, 0.2) is 5.96 Å². The summed E-state index contributed by atoms with van der Waals surface area (Å²) in [6, 6.07) is 10.5. The van der Waals surface area contributed by atoms with Gasteiger partial charge in [-0.25, -0.2) is 0 Å². The number of rotatable bonds is 1. The lowest BCUT2D eigenvalue weighted by Crippen LogP contribution is -2.41. The van der Waals surface area contributed by atoms with Crippen molar-refractivity contribution in [1.82, 2.24) is 4.90 Å². The third kappa shape index (κ3) is 1.71. The van der Waals surface area contributed by atoms with E-state index in [1.807, 2.05) is 18.0 Å². The minimum absolute atomic E-state index is 0.480. The third-order valence-electron chi connectivity index (χ3n) is 2.63. The van der Waals surface area contributed by atoms with Crippen molar-refractivity contribution in [3.63, 3.8) is 0 Å². The summed E-state index contributed by atoms with van der Waals surface area (Å²) in [6.45, 7) is 1.76. The smallest absolute Gasteiger partial charge is 0.191 e. The molecule has 2 N–H and O–H groups in total. The van der Waals surface area contributed by atoms with E-state index in [9.17, 15) is 0 Å². The van der Waals surface area contributed by atoms with Crippen molar-refractivity contribution < 1.29 is 0 Å². The summed E-state index contributed by atoms with van der Waals surface area (Å²) in [5, 5.41) is 0. The van der Waals surface area contributed by atoms with Crippen LogP contribution in [0.15, 0.2) is 35.3 Å². The van der Waals surface area contributed by atoms with Gasteiger partial charge in [-0.2, -0.15) is 0 Å². The molecule has 0 spiro atoms. The monoisotopic (exact) mass is 189 g/mol. The van der Waals surface area contributed by atoms with Gasteiger partial charge in [-0.05, 0) is 5.56 Å². The van der Waals surface area contributed by atoms with E-state index in [1.165, 1.54) is 5.56 Å². The van der Waals surface area contributed by atoms with E-state index in [0.717, 1.165) is 13.1 Å². The molecule has 1 aliphatic heterocycles. The summed E-state index contributed by atoms with van der Waals surface area (Å²) in [7, 11) is 1.98. The zero-order valence-electron chi connectivity index (χ0n) is 8.35. The van der Waals surface area contributed by atoms with E-state index >= 15 is 0 Å². The van der Waals surface area contributed by atoms with Gasteiger partial charge in [-0.3, -0.25) is 4.99 Å². The van der Waals surface area contributed by atoms with Crippen LogP contribution in [0.2, 0.25) is 0 Å². The number of likely N-dealkylation sites (N-methyl/N-ethyl adjacent to an activating group) is 1. The summed E-state index contributed by atoms with van der Waals surface area (Å²) in [5.74, 6) is 1.13. The number of guanidine groups is 1. The van der Waals surface area contributed by atoms with Crippen LogP contribution in [0.25, 0.3) is 0 Å². The summed E-state index contributed by atoms with van der Waals surface area (Å²) < 4.78 is 0. The molecule has 14 heavy (non-hydrogen) atoms. The molecule has 0 aromatic heterocycles. The highest BCUT2D eigenvalue weighted by atomic mass is 15.2. The van der Waals surface area contributed by atoms with Crippen LogP contribution >= 0.6 is 0 Å². The Balaban J connectivity index is 2.16. The van der Waals surface area contributed by atoms with Gasteiger partial charge in [-0.15, -0.1) is 0 Å². The zero-order valence-corrected chi connectivity index (χ0v) is 8.35. The van der Waals surface area contributed by atoms with Gasteiger partial charge in [0.25, 0.3) is 0 Å². The summed E-state index contributed by atoms with van der Waals surface area (Å²) in [6.07, 6.45) is 0. The van der Waals surface area contributed by atoms with Gasteiger partial charge < -0.3 is 10.6 Å². The van der Waals surface area contributed by atoms with E-state index in [2.05, 4.69) is 29.3 Å². The van der Waals surface area contributed by atoms with Crippen LogP contribution in [0.5, 0.6) is 0 Å². The zero-order chi connectivity index (χ0) is 9.97. The third-order valence-corrected chi connectivity index (χ3v) is 2.63. The van der Waals surface area contributed by atoms with Crippen molar-refractivity contribution in [1.29, 1.82) is 0 Å². The Kier molecular flexibility index (Phi) is 2.39. The number of hydrogen-bond acceptors (Lipinski definition) is 3. The number of nitrogens with zero attached hydrogens (tertiary/aromatic N) is 2. The first kappa shape index (κ1) is 9.06. The minimum Gasteiger partial charge on any atom is -0.370 e. The molecule has 0 amide bonds. The Morgan fingerprint density at radius 2 is 2.07 bits per heavy atom. The summed E-state index contributed by atoms with van der Waals surface area (Å²) in [5.41, 5.74) is 7.04. The molecule has 1 aromatic rings. The first-order valence-electron chi connectivity index (χ1n) is 4.83. The normalized spacial score (nSPS) is 21.9. The Bertz CT molecular complexity index is 332. The van der Waals surface area contributed by atoms with E-state index in [-0.39, 0.29) is 0 Å². The molecule has 2 rings (SSSR count). The number of hydrogen-bond donors (Lipinski definition) is 1. The number of aliphatic imine (C=N–C) groups is 1. The fourth-order valence-electron chi connectivity index (χ4n) is 1.74. The highest BCUT2D eigenvalue weighted by Gasteiger charge is 2.18. The lowest BCUT2D eigenvalue weighted by Gasteiger charge is -2.28. The van der Waals surface area contributed by atoms with Crippen molar-refractivity contribution in [2.45, 2.75) is 5.92 Å². The first-order chi connectivity index (χ1) is 6.77. The molecular formula is C11H15N3. The maximum Gasteiger partial charge on any atom is 0.191 e. The maximum atomic E-state index is 5.69. The van der Waals surface area contributed by atoms with Gasteiger partial charge in [0.1, 0.15) is 0 Å². The molecule has 1 heterocycles. The van der Waals surface area contributed by atoms with Crippen LogP contribution in [-0.2, 0) is 0 Å². The van der Waals surface area contributed by atoms with Crippen molar-refractivity contribution in [3.05, 3.63) is 35.9 Å². The Morgan fingerprint density at radius 1 is 1.36 bits per heavy atom. The molecule has 0 bridgehead atoms. The molecule has 0 radical (unpaired) electrons. The second-order valence-electron chi connectivity index (χ2n) is 3.69. The fourth-order valence-corrected chi connectivity index (χ4v) is 1.74. The van der Waals surface area contributed by atoms with Crippen molar-refractivity contribution in [2.24, 2.45) is 10.7 Å². The predicted octanol–water partition coefficient (Wildman–Crippen LogP) is 1.03. The second kappa shape index (κ2) is 3.70. The highest BCUT2D eigenvalue weighted by Crippen LogP contribution is 2.19. The molecule has 1 unspecified atom stereocenters. The topological polar surface area (TPSA) is 41.6 Å². The van der Waals surface area contributed by atoms with Gasteiger partial charge in [-0.1, -0.05) is 30.3 Å². The molecule has 1 aliphatic rings. The highest BCUT2D eigenvalue weighted by molar-refractivity contribution is 5.78. The first-order valence-corrected chi connectivity index (χ1v) is 4.83. The second-order valence-corrected chi connectivity index (χ2v) is 3.69. The van der Waals surface area contributed by atoms with Crippen LogP contribution in [-0.4, -0.2) is 31.0 Å². The van der Waals surface area contributed by atoms with E-state index in [4.69, 9.17) is 5.73 Å². The van der Waals surface area contributed by atoms with Gasteiger partial charge in [0.05, 0.1) is 6.54 Å². The molecule has 0 aliphatic carbocycles. The van der Waals surface area contributed by atoms with Crippen molar-refractivity contribution in [3.8, 4) is 0 Å². The largest absolute Gasteiger partial charge is 0.370 e. The van der Waals surface area contributed by atoms with Crippen molar-refractivity contribution >= 4 is 5.96 Å². The van der Waals surface area contributed by atoms with Gasteiger partial charge >= 0.3 is 0 Å².